The summed E-state index contributed by atoms with van der Waals surface area (Å²) in [6, 6.07) is 19.5. The predicted molar refractivity (Wildman–Crippen MR) is 149 cm³/mol. The number of carbonyl (C=O) groups is 2. The van der Waals surface area contributed by atoms with Crippen LogP contribution in [0.5, 0.6) is 0 Å². The molecule has 2 amide bonds. The van der Waals surface area contributed by atoms with Crippen molar-refractivity contribution in [2.24, 2.45) is 0 Å². The van der Waals surface area contributed by atoms with Crippen molar-refractivity contribution in [3.8, 4) is 0 Å². The normalized spacial score (nSPS) is 12.0. The van der Waals surface area contributed by atoms with Gasteiger partial charge in [-0.25, -0.2) is 8.42 Å². The summed E-state index contributed by atoms with van der Waals surface area (Å²) in [6.07, 6.45) is 1.21. The number of halogens is 3. The van der Waals surface area contributed by atoms with Gasteiger partial charge in [0.25, 0.3) is 0 Å². The highest BCUT2D eigenvalue weighted by molar-refractivity contribution is 7.92. The van der Waals surface area contributed by atoms with Gasteiger partial charge in [0.15, 0.2) is 0 Å². The van der Waals surface area contributed by atoms with Crippen LogP contribution in [0.25, 0.3) is 0 Å². The minimum atomic E-state index is -3.90. The molecular formula is C26H26Cl3N3O4S. The van der Waals surface area contributed by atoms with E-state index in [2.05, 4.69) is 5.32 Å². The summed E-state index contributed by atoms with van der Waals surface area (Å²) in [7, 11) is -2.42. The maximum Gasteiger partial charge on any atom is 0.244 e. The second-order valence-electron chi connectivity index (χ2n) is 8.34. The number of likely N-dealkylation sites (N-methyl/N-ethyl adjacent to an activating group) is 1. The summed E-state index contributed by atoms with van der Waals surface area (Å²) in [6.45, 7) is -0.525. The van der Waals surface area contributed by atoms with Gasteiger partial charge in [-0.05, 0) is 41.5 Å². The third kappa shape index (κ3) is 7.85. The molecule has 0 saturated heterocycles. The van der Waals surface area contributed by atoms with Crippen molar-refractivity contribution in [2.45, 2.75) is 19.0 Å². The first kappa shape index (κ1) is 28.8. The van der Waals surface area contributed by atoms with Crippen molar-refractivity contribution in [1.82, 2.24) is 10.2 Å². The Kier molecular flexibility index (Phi) is 9.84. The lowest BCUT2D eigenvalue weighted by Gasteiger charge is -2.33. The quantitative estimate of drug-likeness (QED) is 0.372. The number of benzene rings is 3. The van der Waals surface area contributed by atoms with Gasteiger partial charge in [-0.15, -0.1) is 0 Å². The summed E-state index contributed by atoms with van der Waals surface area (Å²) >= 11 is 18.3. The Balaban J connectivity index is 2.04. The Bertz CT molecular complexity index is 1370. The number of hydrogen-bond acceptors (Lipinski definition) is 4. The summed E-state index contributed by atoms with van der Waals surface area (Å²) in [4.78, 5) is 28.2. The van der Waals surface area contributed by atoms with Crippen LogP contribution in [-0.2, 0) is 32.6 Å². The van der Waals surface area contributed by atoms with Crippen LogP contribution < -0.4 is 9.62 Å². The zero-order valence-electron chi connectivity index (χ0n) is 20.2. The minimum Gasteiger partial charge on any atom is -0.357 e. The second-order valence-corrected chi connectivity index (χ2v) is 11.5. The molecule has 11 heteroatoms. The van der Waals surface area contributed by atoms with E-state index in [1.54, 1.807) is 24.3 Å². The lowest BCUT2D eigenvalue weighted by molar-refractivity contribution is -0.139. The van der Waals surface area contributed by atoms with Crippen molar-refractivity contribution in [3.63, 3.8) is 0 Å². The molecule has 0 aromatic heterocycles. The summed E-state index contributed by atoms with van der Waals surface area (Å²) < 4.78 is 26.4. The van der Waals surface area contributed by atoms with E-state index < -0.39 is 28.5 Å². The van der Waals surface area contributed by atoms with Gasteiger partial charge in [0.05, 0.1) is 22.0 Å². The molecule has 1 atom stereocenters. The van der Waals surface area contributed by atoms with Crippen molar-refractivity contribution >= 4 is 62.3 Å². The smallest absolute Gasteiger partial charge is 0.244 e. The molecule has 37 heavy (non-hydrogen) atoms. The monoisotopic (exact) mass is 581 g/mol. The van der Waals surface area contributed by atoms with E-state index in [1.807, 2.05) is 30.3 Å². The zero-order valence-corrected chi connectivity index (χ0v) is 23.3. The molecule has 0 heterocycles. The average molecular weight is 583 g/mol. The van der Waals surface area contributed by atoms with Gasteiger partial charge in [0.2, 0.25) is 21.8 Å². The Labute approximate surface area is 232 Å². The number of carbonyl (C=O) groups excluding carboxylic acids is 2. The van der Waals surface area contributed by atoms with Crippen LogP contribution in [0.3, 0.4) is 0 Å². The molecule has 0 bridgehead atoms. The van der Waals surface area contributed by atoms with Crippen molar-refractivity contribution in [1.29, 1.82) is 0 Å². The van der Waals surface area contributed by atoms with E-state index >= 15 is 0 Å². The summed E-state index contributed by atoms with van der Waals surface area (Å²) in [5, 5.41) is 3.48. The van der Waals surface area contributed by atoms with Crippen LogP contribution in [0.2, 0.25) is 15.1 Å². The van der Waals surface area contributed by atoms with Gasteiger partial charge in [-0.2, -0.15) is 0 Å². The maximum absolute atomic E-state index is 13.8. The van der Waals surface area contributed by atoms with E-state index in [1.165, 1.54) is 30.1 Å². The van der Waals surface area contributed by atoms with Crippen molar-refractivity contribution in [3.05, 3.63) is 99.0 Å². The molecule has 3 aromatic carbocycles. The molecule has 0 spiro atoms. The number of anilines is 1. The summed E-state index contributed by atoms with van der Waals surface area (Å²) in [5.74, 6) is -0.972. The van der Waals surface area contributed by atoms with E-state index in [9.17, 15) is 18.0 Å². The van der Waals surface area contributed by atoms with Gasteiger partial charge < -0.3 is 10.2 Å². The van der Waals surface area contributed by atoms with E-state index in [-0.39, 0.29) is 34.6 Å². The molecule has 0 saturated carbocycles. The molecule has 0 radical (unpaired) electrons. The zero-order chi connectivity index (χ0) is 27.2. The first-order valence-corrected chi connectivity index (χ1v) is 14.2. The standard InChI is InChI=1S/C26H26Cl3N3O4S/c1-30-26(34)24(14-18-7-4-3-5-8-18)31(16-19-9-6-10-20(27)13-19)25(33)17-32(37(2,35)36)21-11-12-22(28)23(29)15-21/h3-13,15,24H,14,16-17H2,1-2H3,(H,30,34). The Morgan fingerprint density at radius 2 is 1.57 bits per heavy atom. The van der Waals surface area contributed by atoms with E-state index in [4.69, 9.17) is 34.8 Å². The molecule has 1 unspecified atom stereocenters. The topological polar surface area (TPSA) is 86.8 Å². The van der Waals surface area contributed by atoms with Crippen LogP contribution in [0.15, 0.2) is 72.8 Å². The number of nitrogens with zero attached hydrogens (tertiary/aromatic N) is 2. The molecule has 7 nitrogen and oxygen atoms in total. The Hall–Kier alpha value is -2.78. The molecule has 1 N–H and O–H groups in total. The third-order valence-electron chi connectivity index (χ3n) is 5.63. The minimum absolute atomic E-state index is 0.0310. The lowest BCUT2D eigenvalue weighted by atomic mass is 10.0. The van der Waals surface area contributed by atoms with Crippen LogP contribution in [-0.4, -0.2) is 51.0 Å². The Morgan fingerprint density at radius 3 is 2.16 bits per heavy atom. The molecule has 0 aliphatic heterocycles. The Morgan fingerprint density at radius 1 is 0.892 bits per heavy atom. The van der Waals surface area contributed by atoms with Gasteiger partial charge in [-0.3, -0.25) is 13.9 Å². The van der Waals surface area contributed by atoms with Gasteiger partial charge in [0.1, 0.15) is 12.6 Å². The molecule has 0 aliphatic carbocycles. The molecule has 196 valence electrons. The van der Waals surface area contributed by atoms with Crippen LogP contribution in [0, 0.1) is 0 Å². The van der Waals surface area contributed by atoms with Crippen LogP contribution >= 0.6 is 34.8 Å². The first-order valence-electron chi connectivity index (χ1n) is 11.2. The highest BCUT2D eigenvalue weighted by Gasteiger charge is 2.32. The average Bonchev–Trinajstić information content (AvgIpc) is 2.86. The second kappa shape index (κ2) is 12.6. The lowest BCUT2D eigenvalue weighted by Crippen LogP contribution is -2.52. The molecule has 3 rings (SSSR count). The molecular weight excluding hydrogens is 557 g/mol. The van der Waals surface area contributed by atoms with Crippen LogP contribution in [0.4, 0.5) is 5.69 Å². The maximum atomic E-state index is 13.8. The summed E-state index contributed by atoms with van der Waals surface area (Å²) in [5.41, 5.74) is 1.69. The van der Waals surface area contributed by atoms with Gasteiger partial charge in [-0.1, -0.05) is 77.3 Å². The fraction of sp³-hybridized carbons (Fsp3) is 0.231. The molecule has 3 aromatic rings. The van der Waals surface area contributed by atoms with Gasteiger partial charge >= 0.3 is 0 Å². The first-order chi connectivity index (χ1) is 17.5. The number of amides is 2. The molecule has 0 fully saturated rings. The molecule has 0 aliphatic rings. The van der Waals surface area contributed by atoms with Crippen molar-refractivity contribution in [2.75, 3.05) is 24.2 Å². The fourth-order valence-corrected chi connectivity index (χ4v) is 5.15. The van der Waals surface area contributed by atoms with Crippen LogP contribution in [0.1, 0.15) is 11.1 Å². The predicted octanol–water partition coefficient (Wildman–Crippen LogP) is 4.80. The number of rotatable bonds is 10. The number of hydrogen-bond donors (Lipinski definition) is 1. The highest BCUT2D eigenvalue weighted by Crippen LogP contribution is 2.29. The highest BCUT2D eigenvalue weighted by atomic mass is 35.5. The van der Waals surface area contributed by atoms with E-state index in [0.29, 0.717) is 10.6 Å². The van der Waals surface area contributed by atoms with Crippen molar-refractivity contribution < 1.29 is 18.0 Å². The largest absolute Gasteiger partial charge is 0.357 e. The number of nitrogens with one attached hydrogen (secondary N) is 1. The third-order valence-corrected chi connectivity index (χ3v) is 7.74. The van der Waals surface area contributed by atoms with Gasteiger partial charge in [0, 0.05) is 25.0 Å². The number of sulfonamides is 1. The van der Waals surface area contributed by atoms with E-state index in [0.717, 1.165) is 16.1 Å². The SMILES string of the molecule is CNC(=O)C(Cc1ccccc1)N(Cc1cccc(Cl)c1)C(=O)CN(c1ccc(Cl)c(Cl)c1)S(C)(=O)=O. The fourth-order valence-electron chi connectivity index (χ4n) is 3.81.